The summed E-state index contributed by atoms with van der Waals surface area (Å²) in [4.78, 5) is 32.7. The van der Waals surface area contributed by atoms with Crippen LogP contribution < -0.4 is 0 Å². The van der Waals surface area contributed by atoms with Gasteiger partial charge in [-0.05, 0) is 41.8 Å². The van der Waals surface area contributed by atoms with Gasteiger partial charge >= 0.3 is 6.18 Å². The number of halogens is 3. The Morgan fingerprint density at radius 1 is 1.07 bits per heavy atom. The van der Waals surface area contributed by atoms with Crippen LogP contribution in [0.25, 0.3) is 22.4 Å². The minimum Gasteiger partial charge on any atom is -0.342 e. The molecule has 0 atom stereocenters. The molecule has 1 fully saturated rings. The van der Waals surface area contributed by atoms with Crippen LogP contribution in [0.15, 0.2) is 36.5 Å². The lowest BCUT2D eigenvalue weighted by Crippen LogP contribution is -2.49. The van der Waals surface area contributed by atoms with E-state index in [2.05, 4.69) is 33.8 Å². The number of rotatable bonds is 8. The molecule has 212 valence electrons. The highest BCUT2D eigenvalue weighted by molar-refractivity contribution is 5.80. The van der Waals surface area contributed by atoms with Gasteiger partial charge in [0.1, 0.15) is 12.2 Å². The summed E-state index contributed by atoms with van der Waals surface area (Å²) in [6.45, 7) is 6.57. The Labute approximate surface area is 230 Å². The topological polar surface area (TPSA) is 95.8 Å². The monoisotopic (exact) mass is 554 g/mol. The molecule has 1 aliphatic rings. The molecule has 0 saturated carbocycles. The van der Waals surface area contributed by atoms with Crippen molar-refractivity contribution in [2.75, 3.05) is 26.2 Å². The van der Waals surface area contributed by atoms with Gasteiger partial charge in [-0.1, -0.05) is 13.8 Å². The van der Waals surface area contributed by atoms with E-state index in [9.17, 15) is 18.0 Å². The predicted molar refractivity (Wildman–Crippen MR) is 144 cm³/mol. The number of carbonyl (C=O) groups is 1. The lowest BCUT2D eigenvalue weighted by Gasteiger charge is -2.35. The van der Waals surface area contributed by atoms with E-state index in [0.29, 0.717) is 45.1 Å². The maximum absolute atomic E-state index is 12.5. The first-order valence-electron chi connectivity index (χ1n) is 13.4. The van der Waals surface area contributed by atoms with Crippen molar-refractivity contribution in [3.8, 4) is 11.4 Å². The van der Waals surface area contributed by atoms with Crippen molar-refractivity contribution < 1.29 is 18.0 Å². The molecule has 9 nitrogen and oxygen atoms in total. The number of aryl methyl sites for hydroxylation is 1. The molecule has 1 N–H and O–H groups in total. The van der Waals surface area contributed by atoms with E-state index in [0.717, 1.165) is 51.7 Å². The minimum atomic E-state index is -4.47. The van der Waals surface area contributed by atoms with E-state index in [1.54, 1.807) is 6.20 Å². The number of fused-ring (bicyclic) bond motifs is 1. The summed E-state index contributed by atoms with van der Waals surface area (Å²) in [5, 5.41) is 4.55. The van der Waals surface area contributed by atoms with Gasteiger partial charge in [0.05, 0.1) is 11.0 Å². The number of nitrogens with zero attached hydrogens (tertiary/aromatic N) is 7. The quantitative estimate of drug-likeness (QED) is 0.352. The third-order valence-corrected chi connectivity index (χ3v) is 6.90. The number of H-pyrrole nitrogens is 1. The Morgan fingerprint density at radius 3 is 2.58 bits per heavy atom. The van der Waals surface area contributed by atoms with Crippen LogP contribution in [0.3, 0.4) is 0 Å². The van der Waals surface area contributed by atoms with Crippen LogP contribution >= 0.6 is 0 Å². The summed E-state index contributed by atoms with van der Waals surface area (Å²) in [6, 6.07) is 9.98. The average Bonchev–Trinajstić information content (AvgIpc) is 3.44. The fraction of sp³-hybridized carbons (Fsp3) is 0.464. The normalized spacial score (nSPS) is 14.9. The molecule has 5 rings (SSSR count). The van der Waals surface area contributed by atoms with Crippen molar-refractivity contribution in [1.29, 1.82) is 0 Å². The number of alkyl halides is 3. The molecule has 40 heavy (non-hydrogen) atoms. The highest BCUT2D eigenvalue weighted by Crippen LogP contribution is 2.24. The number of aromatic nitrogens is 6. The summed E-state index contributed by atoms with van der Waals surface area (Å²) in [7, 11) is 1.90. The zero-order chi connectivity index (χ0) is 28.4. The number of imidazole rings is 1. The van der Waals surface area contributed by atoms with E-state index in [1.807, 2.05) is 42.1 Å². The molecule has 4 heterocycles. The zero-order valence-electron chi connectivity index (χ0n) is 22.9. The molecule has 4 aromatic rings. The third-order valence-electron chi connectivity index (χ3n) is 6.90. The van der Waals surface area contributed by atoms with E-state index >= 15 is 0 Å². The van der Waals surface area contributed by atoms with Gasteiger partial charge in [0.25, 0.3) is 0 Å². The van der Waals surface area contributed by atoms with Gasteiger partial charge in [-0.2, -0.15) is 18.3 Å². The maximum atomic E-state index is 12.5. The Hall–Kier alpha value is -3.80. The zero-order valence-corrected chi connectivity index (χ0v) is 22.9. The summed E-state index contributed by atoms with van der Waals surface area (Å²) in [5.74, 6) is 2.07. The van der Waals surface area contributed by atoms with Crippen LogP contribution in [-0.2, 0) is 31.2 Å². The standard InChI is InChI=1S/C28H33F3N8O/c1-18(2)12-25-35-27(37(3)36-25)20-4-5-22-23(14-20)34-24(33-22)15-21-13-19(6-7-32-21)17-38-8-10-39(11-9-38)26(40)16-28(29,30)31/h4-7,13-14,18H,8-12,15-17H2,1-3H3,(H,33,34). The number of nitrogens with one attached hydrogen (secondary N) is 1. The summed E-state index contributed by atoms with van der Waals surface area (Å²) in [5.41, 5.74) is 4.65. The molecular weight excluding hydrogens is 521 g/mol. The average molecular weight is 555 g/mol. The van der Waals surface area contributed by atoms with Crippen molar-refractivity contribution in [3.05, 3.63) is 59.4 Å². The van der Waals surface area contributed by atoms with E-state index in [-0.39, 0.29) is 0 Å². The predicted octanol–water partition coefficient (Wildman–Crippen LogP) is 4.14. The maximum Gasteiger partial charge on any atom is 0.397 e. The number of carbonyl (C=O) groups excluding carboxylic acids is 1. The first-order valence-corrected chi connectivity index (χ1v) is 13.4. The molecule has 0 spiro atoms. The molecule has 1 aromatic carbocycles. The van der Waals surface area contributed by atoms with Crippen molar-refractivity contribution in [1.82, 2.24) is 39.5 Å². The first-order chi connectivity index (χ1) is 19.0. The van der Waals surface area contributed by atoms with E-state index < -0.39 is 18.5 Å². The number of benzene rings is 1. The van der Waals surface area contributed by atoms with Crippen LogP contribution in [-0.4, -0.2) is 77.8 Å². The summed E-state index contributed by atoms with van der Waals surface area (Å²) in [6.07, 6.45) is -2.76. The van der Waals surface area contributed by atoms with Crippen molar-refractivity contribution in [3.63, 3.8) is 0 Å². The van der Waals surface area contributed by atoms with Crippen molar-refractivity contribution in [2.45, 2.75) is 45.8 Å². The number of hydrogen-bond donors (Lipinski definition) is 1. The Bertz CT molecular complexity index is 1480. The molecule has 0 unspecified atom stereocenters. The highest BCUT2D eigenvalue weighted by atomic mass is 19.4. The van der Waals surface area contributed by atoms with Crippen LogP contribution in [0.5, 0.6) is 0 Å². The molecule has 1 saturated heterocycles. The minimum absolute atomic E-state index is 0.293. The third kappa shape index (κ3) is 6.85. The van der Waals surface area contributed by atoms with Crippen LogP contribution in [0.4, 0.5) is 13.2 Å². The Morgan fingerprint density at radius 2 is 1.85 bits per heavy atom. The lowest BCUT2D eigenvalue weighted by molar-refractivity contribution is -0.162. The number of amides is 1. The summed E-state index contributed by atoms with van der Waals surface area (Å²) >= 11 is 0. The van der Waals surface area contributed by atoms with Gasteiger partial charge in [0, 0.05) is 70.1 Å². The van der Waals surface area contributed by atoms with Crippen molar-refractivity contribution in [2.24, 2.45) is 13.0 Å². The molecule has 1 amide bonds. The van der Waals surface area contributed by atoms with Gasteiger partial charge in [0.15, 0.2) is 11.6 Å². The molecule has 0 aliphatic carbocycles. The molecule has 3 aromatic heterocycles. The Kier molecular flexibility index (Phi) is 7.88. The van der Waals surface area contributed by atoms with Crippen molar-refractivity contribution >= 4 is 16.9 Å². The first kappa shape index (κ1) is 27.8. The van der Waals surface area contributed by atoms with Gasteiger partial charge in [-0.3, -0.25) is 14.7 Å². The van der Waals surface area contributed by atoms with E-state index in [1.165, 1.54) is 4.90 Å². The van der Waals surface area contributed by atoms with Crippen LogP contribution in [0.1, 0.15) is 43.2 Å². The Balaban J connectivity index is 1.22. The number of pyridine rings is 1. The fourth-order valence-corrected chi connectivity index (χ4v) is 5.02. The fourth-order valence-electron chi connectivity index (χ4n) is 5.02. The summed E-state index contributed by atoms with van der Waals surface area (Å²) < 4.78 is 39.4. The number of aromatic amines is 1. The van der Waals surface area contributed by atoms with Gasteiger partial charge in [-0.25, -0.2) is 14.6 Å². The van der Waals surface area contributed by atoms with Crippen LogP contribution in [0, 0.1) is 5.92 Å². The molecule has 0 bridgehead atoms. The second-order valence-corrected chi connectivity index (χ2v) is 10.8. The second-order valence-electron chi connectivity index (χ2n) is 10.8. The lowest BCUT2D eigenvalue weighted by atomic mass is 10.1. The smallest absolute Gasteiger partial charge is 0.342 e. The van der Waals surface area contributed by atoms with Gasteiger partial charge in [0.2, 0.25) is 5.91 Å². The van der Waals surface area contributed by atoms with E-state index in [4.69, 9.17) is 9.97 Å². The number of piperazine rings is 1. The van der Waals surface area contributed by atoms with Crippen LogP contribution in [0.2, 0.25) is 0 Å². The molecular formula is C28H33F3N8O. The second kappa shape index (κ2) is 11.4. The van der Waals surface area contributed by atoms with Gasteiger partial charge in [-0.15, -0.1) is 0 Å². The molecule has 0 radical (unpaired) electrons. The number of hydrogen-bond acceptors (Lipinski definition) is 6. The highest BCUT2D eigenvalue weighted by Gasteiger charge is 2.34. The molecule has 1 aliphatic heterocycles. The van der Waals surface area contributed by atoms with Gasteiger partial charge < -0.3 is 9.88 Å². The largest absolute Gasteiger partial charge is 0.397 e. The SMILES string of the molecule is CC(C)Cc1nc(-c2ccc3nc(Cc4cc(CN5CCN(C(=O)CC(F)(F)F)CC5)ccn4)[nH]c3c2)n(C)n1. The molecule has 12 heteroatoms.